The van der Waals surface area contributed by atoms with E-state index in [0.717, 1.165) is 18.4 Å². The largest absolute Gasteiger partial charge is 0.329 e. The van der Waals surface area contributed by atoms with Gasteiger partial charge in [0.25, 0.3) is 0 Å². The third-order valence-corrected chi connectivity index (χ3v) is 6.21. The van der Waals surface area contributed by atoms with Gasteiger partial charge in [0.15, 0.2) is 0 Å². The summed E-state index contributed by atoms with van der Waals surface area (Å²) >= 11 is 0. The first-order valence-corrected chi connectivity index (χ1v) is 8.82. The Kier molecular flexibility index (Phi) is 5.18. The van der Waals surface area contributed by atoms with Gasteiger partial charge in [-0.15, -0.1) is 0 Å². The van der Waals surface area contributed by atoms with E-state index >= 15 is 0 Å². The molecule has 20 heavy (non-hydrogen) atoms. The van der Waals surface area contributed by atoms with Gasteiger partial charge in [-0.25, -0.2) is 0 Å². The van der Waals surface area contributed by atoms with Crippen LogP contribution in [0.3, 0.4) is 0 Å². The SMILES string of the molecule is CC1CCN(C2(CN)CCCC(C(C)(C)C)CC2)CC1. The molecule has 0 spiro atoms. The van der Waals surface area contributed by atoms with Gasteiger partial charge in [-0.05, 0) is 68.9 Å². The van der Waals surface area contributed by atoms with E-state index in [1.54, 1.807) is 0 Å². The highest BCUT2D eigenvalue weighted by Crippen LogP contribution is 2.42. The first-order valence-electron chi connectivity index (χ1n) is 8.82. The number of nitrogens with two attached hydrogens (primary N) is 1. The molecule has 0 aromatic carbocycles. The average Bonchev–Trinajstić information content (AvgIpc) is 2.62. The zero-order chi connectivity index (χ0) is 14.8. The predicted molar refractivity (Wildman–Crippen MR) is 87.8 cm³/mol. The Balaban J connectivity index is 2.04. The molecule has 2 nitrogen and oxygen atoms in total. The fourth-order valence-corrected chi connectivity index (χ4v) is 4.39. The molecule has 2 unspecified atom stereocenters. The summed E-state index contributed by atoms with van der Waals surface area (Å²) in [6.45, 7) is 13.0. The Morgan fingerprint density at radius 2 is 1.70 bits per heavy atom. The molecule has 2 fully saturated rings. The minimum absolute atomic E-state index is 0.320. The normalized spacial score (nSPS) is 35.0. The molecule has 2 rings (SSSR count). The van der Waals surface area contributed by atoms with Crippen molar-refractivity contribution in [1.82, 2.24) is 4.90 Å². The molecule has 118 valence electrons. The van der Waals surface area contributed by atoms with Gasteiger partial charge in [0.05, 0.1) is 0 Å². The van der Waals surface area contributed by atoms with Crippen LogP contribution in [0.4, 0.5) is 0 Å². The number of hydrogen-bond donors (Lipinski definition) is 1. The minimum Gasteiger partial charge on any atom is -0.329 e. The van der Waals surface area contributed by atoms with Crippen LogP contribution < -0.4 is 5.73 Å². The summed E-state index contributed by atoms with van der Waals surface area (Å²) < 4.78 is 0. The number of piperidine rings is 1. The van der Waals surface area contributed by atoms with Crippen LogP contribution in [0, 0.1) is 17.3 Å². The van der Waals surface area contributed by atoms with Gasteiger partial charge < -0.3 is 5.73 Å². The van der Waals surface area contributed by atoms with E-state index in [4.69, 9.17) is 5.73 Å². The molecule has 1 saturated heterocycles. The van der Waals surface area contributed by atoms with Gasteiger partial charge in [0.2, 0.25) is 0 Å². The van der Waals surface area contributed by atoms with E-state index in [2.05, 4.69) is 32.6 Å². The third kappa shape index (κ3) is 3.57. The first kappa shape index (κ1) is 16.3. The molecule has 2 N–H and O–H groups in total. The van der Waals surface area contributed by atoms with Gasteiger partial charge in [0.1, 0.15) is 0 Å². The Morgan fingerprint density at radius 1 is 1.05 bits per heavy atom. The molecule has 1 aliphatic carbocycles. The van der Waals surface area contributed by atoms with E-state index < -0.39 is 0 Å². The summed E-state index contributed by atoms with van der Waals surface area (Å²) in [5.41, 5.74) is 7.07. The van der Waals surface area contributed by atoms with Gasteiger partial charge in [-0.1, -0.05) is 34.1 Å². The summed E-state index contributed by atoms with van der Waals surface area (Å²) in [5, 5.41) is 0. The maximum atomic E-state index is 6.29. The highest BCUT2D eigenvalue weighted by molar-refractivity contribution is 4.96. The topological polar surface area (TPSA) is 29.3 Å². The van der Waals surface area contributed by atoms with Crippen molar-refractivity contribution in [3.63, 3.8) is 0 Å². The van der Waals surface area contributed by atoms with Crippen molar-refractivity contribution < 1.29 is 0 Å². The summed E-state index contributed by atoms with van der Waals surface area (Å²) in [7, 11) is 0. The van der Waals surface area contributed by atoms with Crippen LogP contribution >= 0.6 is 0 Å². The lowest BCUT2D eigenvalue weighted by Gasteiger charge is -2.46. The summed E-state index contributed by atoms with van der Waals surface area (Å²) in [4.78, 5) is 2.76. The average molecular weight is 280 g/mol. The molecule has 1 saturated carbocycles. The molecule has 0 aromatic rings. The van der Waals surface area contributed by atoms with Crippen molar-refractivity contribution in [1.29, 1.82) is 0 Å². The molecule has 0 aromatic heterocycles. The van der Waals surface area contributed by atoms with Crippen molar-refractivity contribution >= 4 is 0 Å². The van der Waals surface area contributed by atoms with E-state index in [0.29, 0.717) is 11.0 Å². The summed E-state index contributed by atoms with van der Waals surface area (Å²) in [6.07, 6.45) is 9.51. The maximum Gasteiger partial charge on any atom is 0.0331 e. The van der Waals surface area contributed by atoms with Crippen molar-refractivity contribution in [2.45, 2.75) is 78.2 Å². The van der Waals surface area contributed by atoms with Crippen LogP contribution in [0.1, 0.15) is 72.6 Å². The van der Waals surface area contributed by atoms with Gasteiger partial charge >= 0.3 is 0 Å². The standard InChI is InChI=1S/C18H36N2/c1-15-8-12-20(13-9-15)18(14-19)10-5-6-16(7-11-18)17(2,3)4/h15-16H,5-14,19H2,1-4H3. The zero-order valence-electron chi connectivity index (χ0n) is 14.3. The number of hydrogen-bond acceptors (Lipinski definition) is 2. The molecular formula is C18H36N2. The first-order chi connectivity index (χ1) is 9.37. The van der Waals surface area contributed by atoms with E-state index in [1.165, 1.54) is 58.0 Å². The second-order valence-electron chi connectivity index (χ2n) is 8.59. The Hall–Kier alpha value is -0.0800. The molecular weight excluding hydrogens is 244 g/mol. The number of nitrogens with zero attached hydrogens (tertiary/aromatic N) is 1. The zero-order valence-corrected chi connectivity index (χ0v) is 14.3. The van der Waals surface area contributed by atoms with E-state index in [-0.39, 0.29) is 0 Å². The Morgan fingerprint density at radius 3 is 2.25 bits per heavy atom. The van der Waals surface area contributed by atoms with Crippen LogP contribution in [0.5, 0.6) is 0 Å². The Bertz CT molecular complexity index is 299. The molecule has 2 atom stereocenters. The second kappa shape index (κ2) is 6.36. The molecule has 0 radical (unpaired) electrons. The highest BCUT2D eigenvalue weighted by Gasteiger charge is 2.40. The monoisotopic (exact) mass is 280 g/mol. The van der Waals surface area contributed by atoms with Gasteiger partial charge in [-0.3, -0.25) is 4.90 Å². The highest BCUT2D eigenvalue weighted by atomic mass is 15.2. The quantitative estimate of drug-likeness (QED) is 0.773. The molecule has 1 heterocycles. The smallest absolute Gasteiger partial charge is 0.0331 e. The molecule has 1 aliphatic heterocycles. The van der Waals surface area contributed by atoms with Gasteiger partial charge in [-0.2, -0.15) is 0 Å². The van der Waals surface area contributed by atoms with Crippen LogP contribution in [0.25, 0.3) is 0 Å². The van der Waals surface area contributed by atoms with Crippen molar-refractivity contribution in [3.8, 4) is 0 Å². The third-order valence-electron chi connectivity index (χ3n) is 6.21. The van der Waals surface area contributed by atoms with Gasteiger partial charge in [0, 0.05) is 12.1 Å². The lowest BCUT2D eigenvalue weighted by atomic mass is 9.76. The van der Waals surface area contributed by atoms with Crippen molar-refractivity contribution in [3.05, 3.63) is 0 Å². The summed E-state index contributed by atoms with van der Waals surface area (Å²) in [6, 6.07) is 0. The maximum absolute atomic E-state index is 6.29. The predicted octanol–water partition coefficient (Wildman–Crippen LogP) is 4.04. The number of likely N-dealkylation sites (tertiary alicyclic amines) is 1. The van der Waals surface area contributed by atoms with E-state index in [1.807, 2.05) is 0 Å². The Labute approximate surface area is 126 Å². The van der Waals surface area contributed by atoms with Crippen LogP contribution in [-0.4, -0.2) is 30.1 Å². The minimum atomic E-state index is 0.320. The molecule has 2 aliphatic rings. The number of rotatable bonds is 2. The molecule has 0 amide bonds. The fraction of sp³-hybridized carbons (Fsp3) is 1.00. The lowest BCUT2D eigenvalue weighted by molar-refractivity contribution is 0.0432. The van der Waals surface area contributed by atoms with Crippen molar-refractivity contribution in [2.75, 3.05) is 19.6 Å². The van der Waals surface area contributed by atoms with Crippen LogP contribution in [-0.2, 0) is 0 Å². The van der Waals surface area contributed by atoms with Crippen molar-refractivity contribution in [2.24, 2.45) is 23.0 Å². The molecule has 2 heteroatoms. The van der Waals surface area contributed by atoms with Crippen LogP contribution in [0.15, 0.2) is 0 Å². The summed E-state index contributed by atoms with van der Waals surface area (Å²) in [5.74, 6) is 1.79. The van der Waals surface area contributed by atoms with Crippen LogP contribution in [0.2, 0.25) is 0 Å². The second-order valence-corrected chi connectivity index (χ2v) is 8.59. The fourth-order valence-electron chi connectivity index (χ4n) is 4.39. The van der Waals surface area contributed by atoms with E-state index in [9.17, 15) is 0 Å². The molecule has 0 bridgehead atoms. The lowest BCUT2D eigenvalue weighted by Crippen LogP contribution is -2.56.